The quantitative estimate of drug-likeness (QED) is 0.763. The number of piperidine rings is 1. The van der Waals surface area contributed by atoms with Gasteiger partial charge in [0.25, 0.3) is 0 Å². The van der Waals surface area contributed by atoms with E-state index in [1.807, 2.05) is 4.90 Å². The third kappa shape index (κ3) is 5.42. The van der Waals surface area contributed by atoms with Gasteiger partial charge >= 0.3 is 0 Å². The SMILES string of the molecule is O=C(CC(c1ccc(F)cc1)c1ccc(F)cc1)CN1CCC(O)(O)CC1. The Bertz CT molecular complexity index is 720. The summed E-state index contributed by atoms with van der Waals surface area (Å²) in [7, 11) is 0. The Labute approximate surface area is 157 Å². The van der Waals surface area contributed by atoms with Gasteiger partial charge in [-0.3, -0.25) is 9.69 Å². The molecule has 0 atom stereocenters. The maximum atomic E-state index is 13.3. The summed E-state index contributed by atoms with van der Waals surface area (Å²) in [6, 6.07) is 12.0. The number of benzene rings is 2. The largest absolute Gasteiger partial charge is 0.366 e. The Kier molecular flexibility index (Phi) is 5.99. The molecule has 0 unspecified atom stereocenters. The number of carbonyl (C=O) groups is 1. The maximum Gasteiger partial charge on any atom is 0.164 e. The normalized spacial score (nSPS) is 17.2. The van der Waals surface area contributed by atoms with Crippen LogP contribution in [0.3, 0.4) is 0 Å². The van der Waals surface area contributed by atoms with E-state index in [1.165, 1.54) is 24.3 Å². The first-order valence-electron chi connectivity index (χ1n) is 9.02. The number of halogens is 2. The van der Waals surface area contributed by atoms with Crippen molar-refractivity contribution in [2.75, 3.05) is 19.6 Å². The van der Waals surface area contributed by atoms with Crippen molar-refractivity contribution < 1.29 is 23.8 Å². The molecular formula is C21H23F2NO3. The average molecular weight is 375 g/mol. The molecule has 3 rings (SSSR count). The van der Waals surface area contributed by atoms with Crippen molar-refractivity contribution in [1.29, 1.82) is 0 Å². The highest BCUT2D eigenvalue weighted by Crippen LogP contribution is 2.29. The minimum atomic E-state index is -1.65. The van der Waals surface area contributed by atoms with Crippen LogP contribution >= 0.6 is 0 Å². The first kappa shape index (κ1) is 19.6. The van der Waals surface area contributed by atoms with Crippen LogP contribution in [0.1, 0.15) is 36.3 Å². The molecule has 1 heterocycles. The topological polar surface area (TPSA) is 60.8 Å². The van der Waals surface area contributed by atoms with Crippen LogP contribution in [0.4, 0.5) is 8.78 Å². The van der Waals surface area contributed by atoms with Crippen LogP contribution in [0, 0.1) is 11.6 Å². The van der Waals surface area contributed by atoms with Crippen LogP contribution in [-0.4, -0.2) is 46.3 Å². The van der Waals surface area contributed by atoms with Crippen LogP contribution in [-0.2, 0) is 4.79 Å². The van der Waals surface area contributed by atoms with E-state index in [1.54, 1.807) is 24.3 Å². The number of likely N-dealkylation sites (tertiary alicyclic amines) is 1. The van der Waals surface area contributed by atoms with E-state index in [0.29, 0.717) is 13.1 Å². The van der Waals surface area contributed by atoms with Gasteiger partial charge in [0, 0.05) is 38.3 Å². The molecule has 144 valence electrons. The van der Waals surface area contributed by atoms with Gasteiger partial charge in [0.15, 0.2) is 5.79 Å². The molecule has 0 radical (unpaired) electrons. The van der Waals surface area contributed by atoms with Crippen LogP contribution in [0.15, 0.2) is 48.5 Å². The Morgan fingerprint density at radius 2 is 1.37 bits per heavy atom. The molecule has 2 aromatic rings. The minimum absolute atomic E-state index is 0.00275. The van der Waals surface area contributed by atoms with Crippen LogP contribution < -0.4 is 0 Å². The van der Waals surface area contributed by atoms with Crippen molar-refractivity contribution >= 4 is 5.78 Å². The van der Waals surface area contributed by atoms with Gasteiger partial charge in [-0.2, -0.15) is 0 Å². The minimum Gasteiger partial charge on any atom is -0.366 e. The molecule has 27 heavy (non-hydrogen) atoms. The van der Waals surface area contributed by atoms with Crippen molar-refractivity contribution in [2.45, 2.75) is 31.0 Å². The number of carbonyl (C=O) groups excluding carboxylic acids is 1. The van der Waals surface area contributed by atoms with Crippen LogP contribution in [0.5, 0.6) is 0 Å². The fraction of sp³-hybridized carbons (Fsp3) is 0.381. The zero-order chi connectivity index (χ0) is 19.4. The van der Waals surface area contributed by atoms with Crippen molar-refractivity contribution in [3.05, 3.63) is 71.3 Å². The van der Waals surface area contributed by atoms with Gasteiger partial charge < -0.3 is 10.2 Å². The molecule has 0 spiro atoms. The lowest BCUT2D eigenvalue weighted by Gasteiger charge is -2.34. The van der Waals surface area contributed by atoms with E-state index in [-0.39, 0.29) is 49.1 Å². The van der Waals surface area contributed by atoms with Gasteiger partial charge in [-0.1, -0.05) is 24.3 Å². The fourth-order valence-corrected chi connectivity index (χ4v) is 3.43. The van der Waals surface area contributed by atoms with Crippen LogP contribution in [0.25, 0.3) is 0 Å². The summed E-state index contributed by atoms with van der Waals surface area (Å²) in [5, 5.41) is 19.2. The predicted octanol–water partition coefficient (Wildman–Crippen LogP) is 2.83. The predicted molar refractivity (Wildman–Crippen MR) is 97.1 cm³/mol. The number of nitrogens with zero attached hydrogens (tertiary/aromatic N) is 1. The maximum absolute atomic E-state index is 13.3. The zero-order valence-electron chi connectivity index (χ0n) is 14.9. The van der Waals surface area contributed by atoms with E-state index in [4.69, 9.17) is 0 Å². The summed E-state index contributed by atoms with van der Waals surface area (Å²) in [5.74, 6) is -2.65. The second-order valence-electron chi connectivity index (χ2n) is 7.16. The number of hydrogen-bond acceptors (Lipinski definition) is 4. The molecule has 0 aliphatic carbocycles. The van der Waals surface area contributed by atoms with Crippen molar-refractivity contribution in [1.82, 2.24) is 4.90 Å². The molecule has 2 N–H and O–H groups in total. The lowest BCUT2D eigenvalue weighted by Crippen LogP contribution is -2.45. The van der Waals surface area contributed by atoms with Gasteiger partial charge in [-0.05, 0) is 35.4 Å². The van der Waals surface area contributed by atoms with Crippen molar-refractivity contribution in [3.8, 4) is 0 Å². The number of aliphatic hydroxyl groups is 2. The van der Waals surface area contributed by atoms with Crippen molar-refractivity contribution in [3.63, 3.8) is 0 Å². The lowest BCUT2D eigenvalue weighted by atomic mass is 9.87. The molecule has 0 bridgehead atoms. The van der Waals surface area contributed by atoms with Gasteiger partial charge in [-0.25, -0.2) is 8.78 Å². The molecule has 4 nitrogen and oxygen atoms in total. The molecule has 0 saturated carbocycles. The molecule has 1 aliphatic heterocycles. The number of rotatable bonds is 6. The molecule has 2 aromatic carbocycles. The third-order valence-electron chi connectivity index (χ3n) is 5.03. The highest BCUT2D eigenvalue weighted by molar-refractivity contribution is 5.82. The molecule has 0 amide bonds. The Hall–Kier alpha value is -2.15. The Morgan fingerprint density at radius 3 is 1.81 bits per heavy atom. The summed E-state index contributed by atoms with van der Waals surface area (Å²) in [6.07, 6.45) is 0.621. The number of ketones is 1. The highest BCUT2D eigenvalue weighted by atomic mass is 19.1. The molecule has 0 aromatic heterocycles. The van der Waals surface area contributed by atoms with Gasteiger partial charge in [0.05, 0.1) is 6.54 Å². The lowest BCUT2D eigenvalue weighted by molar-refractivity contribution is -0.189. The van der Waals surface area contributed by atoms with Gasteiger partial charge in [0.1, 0.15) is 17.4 Å². The second kappa shape index (κ2) is 8.25. The molecule has 1 saturated heterocycles. The van der Waals surface area contributed by atoms with Crippen molar-refractivity contribution in [2.24, 2.45) is 0 Å². The summed E-state index contributed by atoms with van der Waals surface area (Å²) in [5.41, 5.74) is 1.58. The Morgan fingerprint density at radius 1 is 0.926 bits per heavy atom. The van der Waals surface area contributed by atoms with Gasteiger partial charge in [-0.15, -0.1) is 0 Å². The standard InChI is InChI=1S/C21H23F2NO3/c22-17-5-1-15(2-6-17)20(16-3-7-18(23)8-4-16)13-19(25)14-24-11-9-21(26,27)10-12-24/h1-8,20,26-27H,9-14H2. The summed E-state index contributed by atoms with van der Waals surface area (Å²) < 4.78 is 26.6. The van der Waals surface area contributed by atoms with E-state index in [9.17, 15) is 23.8 Å². The first-order chi connectivity index (χ1) is 12.8. The first-order valence-corrected chi connectivity index (χ1v) is 9.02. The second-order valence-corrected chi connectivity index (χ2v) is 7.16. The van der Waals surface area contributed by atoms with E-state index < -0.39 is 5.79 Å². The molecule has 1 fully saturated rings. The van der Waals surface area contributed by atoms with Gasteiger partial charge in [0.2, 0.25) is 0 Å². The van der Waals surface area contributed by atoms with Crippen LogP contribution in [0.2, 0.25) is 0 Å². The van der Waals surface area contributed by atoms with E-state index >= 15 is 0 Å². The smallest absolute Gasteiger partial charge is 0.164 e. The molecule has 6 heteroatoms. The fourth-order valence-electron chi connectivity index (χ4n) is 3.43. The average Bonchev–Trinajstić information content (AvgIpc) is 2.63. The number of hydrogen-bond donors (Lipinski definition) is 2. The summed E-state index contributed by atoms with van der Waals surface area (Å²) in [6.45, 7) is 1.10. The monoisotopic (exact) mass is 375 g/mol. The highest BCUT2D eigenvalue weighted by Gasteiger charge is 2.30. The Balaban J connectivity index is 1.72. The number of Topliss-reactive ketones (excluding diaryl/α,β-unsaturated/α-hetero) is 1. The summed E-state index contributed by atoms with van der Waals surface area (Å²) in [4.78, 5) is 14.6. The zero-order valence-corrected chi connectivity index (χ0v) is 14.9. The third-order valence-corrected chi connectivity index (χ3v) is 5.03. The van der Waals surface area contributed by atoms with E-state index in [2.05, 4.69) is 0 Å². The molecule has 1 aliphatic rings. The van der Waals surface area contributed by atoms with E-state index in [0.717, 1.165) is 11.1 Å². The summed E-state index contributed by atoms with van der Waals surface area (Å²) >= 11 is 0. The molecular weight excluding hydrogens is 352 g/mol.